The van der Waals surface area contributed by atoms with Crippen molar-refractivity contribution in [3.8, 4) is 22.3 Å². The van der Waals surface area contributed by atoms with Crippen molar-refractivity contribution in [3.63, 3.8) is 0 Å². The number of fused-ring (bicyclic) bond motifs is 12. The number of aromatic nitrogens is 1. The Balaban J connectivity index is 0.00000153. The highest BCUT2D eigenvalue weighted by Gasteiger charge is 2.28. The Morgan fingerprint density at radius 1 is 0.451 bits per heavy atom. The maximum atomic E-state index is 9.50. The molecule has 12 rings (SSSR count). The second-order valence-electron chi connectivity index (χ2n) is 13.9. The monoisotopic (exact) mass is 653 g/mol. The molecule has 0 bridgehead atoms. The minimum Gasteiger partial charge on any atom is -0.354 e. The summed E-state index contributed by atoms with van der Waals surface area (Å²) in [5.74, 6) is 0. The molecule has 2 heteroatoms. The molecule has 0 aliphatic heterocycles. The van der Waals surface area contributed by atoms with E-state index in [2.05, 4.69) is 151 Å². The van der Waals surface area contributed by atoms with Crippen molar-refractivity contribution in [2.45, 2.75) is 12.8 Å². The van der Waals surface area contributed by atoms with Crippen LogP contribution in [0.4, 0.5) is 4.39 Å². The molecule has 1 heterocycles. The molecule has 11 aromatic rings. The molecule has 1 aliphatic carbocycles. The molecular weight excluding hydrogens is 622 g/mol. The molecule has 0 unspecified atom stereocenters. The van der Waals surface area contributed by atoms with E-state index in [0.29, 0.717) is 7.18 Å². The van der Waals surface area contributed by atoms with Crippen LogP contribution in [0.3, 0.4) is 0 Å². The van der Waals surface area contributed by atoms with Crippen LogP contribution in [0, 0.1) is 0 Å². The lowest BCUT2D eigenvalue weighted by molar-refractivity contribution is 0.636. The molecule has 0 saturated carbocycles. The number of aromatic amines is 1. The Hall–Kier alpha value is -6.25. The lowest BCUT2D eigenvalue weighted by Crippen LogP contribution is -1.91. The van der Waals surface area contributed by atoms with Gasteiger partial charge >= 0.3 is 0 Å². The van der Waals surface area contributed by atoms with Gasteiger partial charge in [0.05, 0.1) is 12.7 Å². The highest BCUT2D eigenvalue weighted by atomic mass is 19.1. The van der Waals surface area contributed by atoms with Gasteiger partial charge in [-0.25, -0.2) is 0 Å². The van der Waals surface area contributed by atoms with E-state index in [1.165, 1.54) is 120 Å². The van der Waals surface area contributed by atoms with Crippen molar-refractivity contribution in [2.75, 3.05) is 7.18 Å². The fourth-order valence-electron chi connectivity index (χ4n) is 9.66. The number of hydrogen-bond acceptors (Lipinski definition) is 0. The first kappa shape index (κ1) is 28.6. The summed E-state index contributed by atoms with van der Waals surface area (Å²) < 4.78 is 9.50. The lowest BCUT2D eigenvalue weighted by atomic mass is 9.83. The fraction of sp³-hybridized carbons (Fsp3) is 0.0612. The summed E-state index contributed by atoms with van der Waals surface area (Å²) in [5, 5.41) is 18.8. The Bertz CT molecular complexity index is 3190. The predicted molar refractivity (Wildman–Crippen MR) is 218 cm³/mol. The first-order chi connectivity index (χ1) is 25.3. The number of H-pyrrole nitrogens is 1. The lowest BCUT2D eigenvalue weighted by Gasteiger charge is -2.19. The molecular formula is C49H32FN. The summed E-state index contributed by atoms with van der Waals surface area (Å²) in [7, 11) is 0.500. The average molecular weight is 654 g/mol. The van der Waals surface area contributed by atoms with Crippen LogP contribution in [-0.4, -0.2) is 12.2 Å². The van der Waals surface area contributed by atoms with Gasteiger partial charge in [-0.2, -0.15) is 0 Å². The molecule has 0 spiro atoms. The van der Waals surface area contributed by atoms with Gasteiger partial charge in [-0.15, -0.1) is 0 Å². The van der Waals surface area contributed by atoms with Crippen molar-refractivity contribution in [3.05, 3.63) is 151 Å². The van der Waals surface area contributed by atoms with Gasteiger partial charge in [0.1, 0.15) is 0 Å². The third-order valence-corrected chi connectivity index (χ3v) is 11.5. The van der Waals surface area contributed by atoms with Crippen molar-refractivity contribution in [2.24, 2.45) is 0 Å². The first-order valence-corrected chi connectivity index (χ1v) is 17.8. The number of hydrogen-bond donors (Lipinski definition) is 1. The largest absolute Gasteiger partial charge is 0.354 e. The van der Waals surface area contributed by atoms with Crippen molar-refractivity contribution >= 4 is 92.5 Å². The number of halogens is 1. The van der Waals surface area contributed by atoms with Crippen LogP contribution in [0.1, 0.15) is 17.5 Å². The standard InChI is InChI=1S/C48H29N.CH3F/c1-3-13-27(14-4-1)41-38-25-36-30-18-8-7-17-29(30)32-20-11-21-33(43(32)36)45(38)42(28-15-5-2-6-16-28)47-39-26-37-31-19-9-10-24-40(31)49-48(37)35-23-12-22-34(44(35)39)46(41)47;1-2/h1-6,8-16,18-26,49H,7,17H2;1H3. The van der Waals surface area contributed by atoms with E-state index in [9.17, 15) is 4.39 Å². The Labute approximate surface area is 293 Å². The van der Waals surface area contributed by atoms with E-state index in [-0.39, 0.29) is 0 Å². The molecule has 10 aromatic carbocycles. The summed E-state index contributed by atoms with van der Waals surface area (Å²) in [6.45, 7) is 0. The van der Waals surface area contributed by atoms with Gasteiger partial charge in [-0.1, -0.05) is 127 Å². The molecule has 1 aromatic heterocycles. The Kier molecular flexibility index (Phi) is 5.95. The minimum atomic E-state index is 0.500. The van der Waals surface area contributed by atoms with Crippen LogP contribution in [0.5, 0.6) is 0 Å². The van der Waals surface area contributed by atoms with Crippen LogP contribution in [0.2, 0.25) is 0 Å². The topological polar surface area (TPSA) is 15.8 Å². The third-order valence-electron chi connectivity index (χ3n) is 11.5. The van der Waals surface area contributed by atoms with Crippen LogP contribution < -0.4 is 0 Å². The summed E-state index contributed by atoms with van der Waals surface area (Å²) in [6, 6.07) is 50.1. The van der Waals surface area contributed by atoms with Gasteiger partial charge in [0, 0.05) is 21.7 Å². The van der Waals surface area contributed by atoms with Gasteiger partial charge < -0.3 is 4.98 Å². The maximum Gasteiger partial charge on any atom is 0.0785 e. The van der Waals surface area contributed by atoms with Gasteiger partial charge in [-0.3, -0.25) is 4.39 Å². The van der Waals surface area contributed by atoms with Crippen LogP contribution in [0.15, 0.2) is 140 Å². The molecule has 0 saturated heterocycles. The van der Waals surface area contributed by atoms with E-state index >= 15 is 0 Å². The average Bonchev–Trinajstić information content (AvgIpc) is 3.85. The number of rotatable bonds is 2. The number of aryl methyl sites for hydroxylation is 1. The Morgan fingerprint density at radius 2 is 1.04 bits per heavy atom. The molecule has 0 amide bonds. The summed E-state index contributed by atoms with van der Waals surface area (Å²) in [6.07, 6.45) is 6.94. The van der Waals surface area contributed by atoms with Crippen LogP contribution in [0.25, 0.3) is 115 Å². The summed E-state index contributed by atoms with van der Waals surface area (Å²) in [5.41, 5.74) is 10.5. The fourth-order valence-corrected chi connectivity index (χ4v) is 9.66. The van der Waals surface area contributed by atoms with Crippen LogP contribution in [-0.2, 0) is 6.42 Å². The van der Waals surface area contributed by atoms with Crippen LogP contribution >= 0.6 is 0 Å². The van der Waals surface area contributed by atoms with E-state index < -0.39 is 0 Å². The number of alkyl halides is 1. The highest BCUT2D eigenvalue weighted by molar-refractivity contribution is 6.45. The zero-order valence-electron chi connectivity index (χ0n) is 28.1. The number of nitrogens with one attached hydrogen (secondary N) is 1. The number of para-hydroxylation sites is 1. The summed E-state index contributed by atoms with van der Waals surface area (Å²) in [4.78, 5) is 3.82. The first-order valence-electron chi connectivity index (χ1n) is 17.8. The quantitative estimate of drug-likeness (QED) is 0.179. The van der Waals surface area contributed by atoms with Gasteiger partial charge in [0.25, 0.3) is 0 Å². The molecule has 240 valence electrons. The molecule has 0 atom stereocenters. The molecule has 51 heavy (non-hydrogen) atoms. The normalized spacial score (nSPS) is 13.1. The van der Waals surface area contributed by atoms with Gasteiger partial charge in [0.15, 0.2) is 0 Å². The molecule has 1 nitrogen and oxygen atoms in total. The maximum absolute atomic E-state index is 9.50. The van der Waals surface area contributed by atoms with Gasteiger partial charge in [-0.05, 0) is 124 Å². The van der Waals surface area contributed by atoms with Crippen molar-refractivity contribution in [1.29, 1.82) is 0 Å². The number of allylic oxidation sites excluding steroid dienone is 1. The molecule has 1 aliphatic rings. The second-order valence-corrected chi connectivity index (χ2v) is 13.9. The molecule has 1 N–H and O–H groups in total. The smallest absolute Gasteiger partial charge is 0.0785 e. The highest BCUT2D eigenvalue weighted by Crippen LogP contribution is 2.55. The van der Waals surface area contributed by atoms with Gasteiger partial charge in [0.2, 0.25) is 0 Å². The number of benzene rings is 8. The second kappa shape index (κ2) is 10.6. The predicted octanol–water partition coefficient (Wildman–Crippen LogP) is 14.0. The SMILES string of the molecule is C1=Cc2c(c3cccc4c5c(-c6ccccc6)c6c7cc8c9ccccc9[nH]c8c8cccc(c6c(-c6ccccc6)c5cc2c34)c87)CC1.CF. The van der Waals surface area contributed by atoms with E-state index in [1.807, 2.05) is 0 Å². The van der Waals surface area contributed by atoms with E-state index in [0.717, 1.165) is 12.8 Å². The molecule has 0 radical (unpaired) electrons. The van der Waals surface area contributed by atoms with Crippen molar-refractivity contribution < 1.29 is 4.39 Å². The Morgan fingerprint density at radius 3 is 1.82 bits per heavy atom. The zero-order valence-corrected chi connectivity index (χ0v) is 28.1. The molecule has 0 fully saturated rings. The van der Waals surface area contributed by atoms with E-state index in [1.54, 1.807) is 0 Å². The van der Waals surface area contributed by atoms with E-state index in [4.69, 9.17) is 0 Å². The minimum absolute atomic E-state index is 0.500. The van der Waals surface area contributed by atoms with Crippen molar-refractivity contribution in [1.82, 2.24) is 4.98 Å². The third kappa shape index (κ3) is 3.69. The zero-order chi connectivity index (χ0) is 33.8. The summed E-state index contributed by atoms with van der Waals surface area (Å²) >= 11 is 0.